The van der Waals surface area contributed by atoms with Crippen molar-refractivity contribution in [1.29, 1.82) is 0 Å². The fraction of sp³-hybridized carbons (Fsp3) is 0.263. The molecule has 0 fully saturated rings. The smallest absolute Gasteiger partial charge is 0.341 e. The molecular weight excluding hydrogens is 357 g/mol. The SMILES string of the molecule is COc1ccc(C(=O)OCC(=O)NCc2ccc(OC)c(OC)c2)c(F)c1. The van der Waals surface area contributed by atoms with E-state index in [0.717, 1.165) is 11.6 Å². The Morgan fingerprint density at radius 2 is 1.70 bits per heavy atom. The van der Waals surface area contributed by atoms with Crippen LogP contribution in [-0.4, -0.2) is 39.8 Å². The molecule has 0 aromatic heterocycles. The number of nitrogens with one attached hydrogen (secondary N) is 1. The van der Waals surface area contributed by atoms with Crippen LogP contribution in [0.4, 0.5) is 4.39 Å². The molecule has 1 amide bonds. The second kappa shape index (κ2) is 9.42. The Morgan fingerprint density at radius 3 is 2.33 bits per heavy atom. The summed E-state index contributed by atoms with van der Waals surface area (Å²) in [5, 5.41) is 2.60. The van der Waals surface area contributed by atoms with E-state index in [1.807, 2.05) is 0 Å². The lowest BCUT2D eigenvalue weighted by Gasteiger charge is -2.11. The van der Waals surface area contributed by atoms with Crippen molar-refractivity contribution in [2.75, 3.05) is 27.9 Å². The molecule has 0 bridgehead atoms. The van der Waals surface area contributed by atoms with Crippen LogP contribution in [-0.2, 0) is 16.1 Å². The van der Waals surface area contributed by atoms with E-state index >= 15 is 0 Å². The fourth-order valence-corrected chi connectivity index (χ4v) is 2.24. The summed E-state index contributed by atoms with van der Waals surface area (Å²) >= 11 is 0. The predicted molar refractivity (Wildman–Crippen MR) is 94.6 cm³/mol. The highest BCUT2D eigenvalue weighted by molar-refractivity contribution is 5.91. The number of halogens is 1. The van der Waals surface area contributed by atoms with E-state index in [-0.39, 0.29) is 17.9 Å². The minimum Gasteiger partial charge on any atom is -0.497 e. The topological polar surface area (TPSA) is 83.1 Å². The van der Waals surface area contributed by atoms with Crippen LogP contribution in [0, 0.1) is 5.82 Å². The predicted octanol–water partition coefficient (Wildman–Crippen LogP) is 2.32. The van der Waals surface area contributed by atoms with Gasteiger partial charge in [-0.25, -0.2) is 9.18 Å². The number of rotatable bonds is 8. The van der Waals surface area contributed by atoms with Gasteiger partial charge < -0.3 is 24.3 Å². The van der Waals surface area contributed by atoms with Crippen molar-refractivity contribution in [3.63, 3.8) is 0 Å². The molecule has 1 N–H and O–H groups in total. The molecule has 0 saturated heterocycles. The summed E-state index contributed by atoms with van der Waals surface area (Å²) in [4.78, 5) is 23.7. The molecule has 8 heteroatoms. The number of benzene rings is 2. The quantitative estimate of drug-likeness (QED) is 0.711. The molecule has 0 radical (unpaired) electrons. The molecule has 0 aliphatic heterocycles. The van der Waals surface area contributed by atoms with Gasteiger partial charge in [-0.15, -0.1) is 0 Å². The van der Waals surface area contributed by atoms with Crippen molar-refractivity contribution in [2.24, 2.45) is 0 Å². The molecule has 0 spiro atoms. The molecule has 0 aliphatic carbocycles. The Morgan fingerprint density at radius 1 is 0.963 bits per heavy atom. The van der Waals surface area contributed by atoms with Crippen molar-refractivity contribution < 1.29 is 32.9 Å². The maximum absolute atomic E-state index is 13.8. The van der Waals surface area contributed by atoms with Gasteiger partial charge in [0.25, 0.3) is 5.91 Å². The molecule has 2 aromatic rings. The molecule has 2 rings (SSSR count). The molecule has 7 nitrogen and oxygen atoms in total. The van der Waals surface area contributed by atoms with Gasteiger partial charge in [0.15, 0.2) is 18.1 Å². The van der Waals surface area contributed by atoms with Gasteiger partial charge in [0, 0.05) is 12.6 Å². The van der Waals surface area contributed by atoms with Crippen LogP contribution in [0.15, 0.2) is 36.4 Å². The van der Waals surface area contributed by atoms with Gasteiger partial charge in [-0.2, -0.15) is 0 Å². The largest absolute Gasteiger partial charge is 0.497 e. The molecule has 0 heterocycles. The third kappa shape index (κ3) is 5.34. The summed E-state index contributed by atoms with van der Waals surface area (Å²) in [5.74, 6) is -0.862. The third-order valence-electron chi connectivity index (χ3n) is 3.67. The first-order valence-corrected chi connectivity index (χ1v) is 7.96. The van der Waals surface area contributed by atoms with Gasteiger partial charge in [0.05, 0.1) is 26.9 Å². The first-order valence-electron chi connectivity index (χ1n) is 7.96. The maximum Gasteiger partial charge on any atom is 0.341 e. The summed E-state index contributed by atoms with van der Waals surface area (Å²) in [6.45, 7) is -0.328. The number of ether oxygens (including phenoxy) is 4. The van der Waals surface area contributed by atoms with Crippen LogP contribution in [0.3, 0.4) is 0 Å². The Labute approximate surface area is 156 Å². The van der Waals surface area contributed by atoms with Crippen LogP contribution in [0.25, 0.3) is 0 Å². The highest BCUT2D eigenvalue weighted by Crippen LogP contribution is 2.27. The van der Waals surface area contributed by atoms with Crippen LogP contribution in [0.5, 0.6) is 17.2 Å². The van der Waals surface area contributed by atoms with Gasteiger partial charge in [0.2, 0.25) is 0 Å². The van der Waals surface area contributed by atoms with E-state index in [1.165, 1.54) is 33.5 Å². The maximum atomic E-state index is 13.8. The molecule has 2 aromatic carbocycles. The second-order valence-corrected chi connectivity index (χ2v) is 5.39. The van der Waals surface area contributed by atoms with Crippen molar-refractivity contribution in [1.82, 2.24) is 5.32 Å². The lowest BCUT2D eigenvalue weighted by Crippen LogP contribution is -2.28. The van der Waals surface area contributed by atoms with E-state index in [0.29, 0.717) is 11.5 Å². The van der Waals surface area contributed by atoms with Crippen LogP contribution >= 0.6 is 0 Å². The summed E-state index contributed by atoms with van der Waals surface area (Å²) < 4.78 is 33.8. The van der Waals surface area contributed by atoms with E-state index in [4.69, 9.17) is 18.9 Å². The summed E-state index contributed by atoms with van der Waals surface area (Å²) in [6.07, 6.45) is 0. The number of amides is 1. The third-order valence-corrected chi connectivity index (χ3v) is 3.67. The lowest BCUT2D eigenvalue weighted by molar-refractivity contribution is -0.124. The van der Waals surface area contributed by atoms with Gasteiger partial charge in [-0.1, -0.05) is 6.07 Å². The molecule has 27 heavy (non-hydrogen) atoms. The van der Waals surface area contributed by atoms with Crippen molar-refractivity contribution in [3.05, 3.63) is 53.3 Å². The van der Waals surface area contributed by atoms with Gasteiger partial charge in [0.1, 0.15) is 11.6 Å². The van der Waals surface area contributed by atoms with E-state index in [2.05, 4.69) is 5.32 Å². The average molecular weight is 377 g/mol. The van der Waals surface area contributed by atoms with E-state index in [1.54, 1.807) is 18.2 Å². The van der Waals surface area contributed by atoms with Crippen LogP contribution in [0.2, 0.25) is 0 Å². The van der Waals surface area contributed by atoms with Crippen molar-refractivity contribution in [2.45, 2.75) is 6.54 Å². The van der Waals surface area contributed by atoms with Gasteiger partial charge in [-0.3, -0.25) is 4.79 Å². The molecule has 0 atom stereocenters. The van der Waals surface area contributed by atoms with E-state index < -0.39 is 24.3 Å². The van der Waals surface area contributed by atoms with Crippen molar-refractivity contribution >= 4 is 11.9 Å². The number of hydrogen-bond acceptors (Lipinski definition) is 6. The minimum atomic E-state index is -0.934. The number of carbonyl (C=O) groups excluding carboxylic acids is 2. The molecule has 0 saturated carbocycles. The Hall–Kier alpha value is -3.29. The highest BCUT2D eigenvalue weighted by Gasteiger charge is 2.15. The average Bonchev–Trinajstić information content (AvgIpc) is 2.69. The Kier molecular flexibility index (Phi) is 6.99. The molecule has 0 unspecified atom stereocenters. The first-order chi connectivity index (χ1) is 13.0. The first kappa shape index (κ1) is 20.0. The second-order valence-electron chi connectivity index (χ2n) is 5.39. The number of methoxy groups -OCH3 is 3. The Balaban J connectivity index is 1.86. The zero-order valence-corrected chi connectivity index (χ0v) is 15.2. The van der Waals surface area contributed by atoms with Crippen LogP contribution < -0.4 is 19.5 Å². The summed E-state index contributed by atoms with van der Waals surface area (Å²) in [5.41, 5.74) is 0.497. The number of hydrogen-bond donors (Lipinski definition) is 1. The van der Waals surface area contributed by atoms with Crippen molar-refractivity contribution in [3.8, 4) is 17.2 Å². The molecule has 144 valence electrons. The molecule has 0 aliphatic rings. The summed E-state index contributed by atoms with van der Waals surface area (Å²) in [6, 6.07) is 8.92. The zero-order chi connectivity index (χ0) is 19.8. The highest BCUT2D eigenvalue weighted by atomic mass is 19.1. The lowest BCUT2D eigenvalue weighted by atomic mass is 10.2. The summed E-state index contributed by atoms with van der Waals surface area (Å²) in [7, 11) is 4.42. The monoisotopic (exact) mass is 377 g/mol. The van der Waals surface area contributed by atoms with Crippen LogP contribution in [0.1, 0.15) is 15.9 Å². The number of carbonyl (C=O) groups is 2. The van der Waals surface area contributed by atoms with E-state index in [9.17, 15) is 14.0 Å². The van der Waals surface area contributed by atoms with Gasteiger partial charge >= 0.3 is 5.97 Å². The Bertz CT molecular complexity index is 824. The number of esters is 1. The molecular formula is C19H20FNO6. The minimum absolute atomic E-state index is 0.202. The fourth-order valence-electron chi connectivity index (χ4n) is 2.24. The van der Waals surface area contributed by atoms with Gasteiger partial charge in [-0.05, 0) is 29.8 Å². The normalized spacial score (nSPS) is 10.1. The zero-order valence-electron chi connectivity index (χ0n) is 15.2. The standard InChI is InChI=1S/C19H20FNO6/c1-24-13-5-6-14(15(20)9-13)19(23)27-11-18(22)21-10-12-4-7-16(25-2)17(8-12)26-3/h4-9H,10-11H2,1-3H3,(H,21,22).